The molecule has 0 fully saturated rings. The first-order chi connectivity index (χ1) is 13.7. The standard InChI is InChI=1S/C22H25FN2O4/c1-13-8-9-16(10-14(13)2)11-20(22(28)29)25-21(27)19(24-15(3)26)12-17-6-4-5-7-18(17)23/h4-10,19-20H,11-12H2,1-3H3,(H,24,26)(H,25,27)(H,28,29)/t19-,20+/m1/s1. The third kappa shape index (κ3) is 6.41. The van der Waals surface area contributed by atoms with Crippen molar-refractivity contribution in [2.45, 2.75) is 45.7 Å². The minimum atomic E-state index is -1.19. The van der Waals surface area contributed by atoms with Crippen LogP contribution in [0.1, 0.15) is 29.2 Å². The van der Waals surface area contributed by atoms with Crippen LogP contribution < -0.4 is 10.6 Å². The molecule has 0 aliphatic heterocycles. The Morgan fingerprint density at radius 3 is 2.24 bits per heavy atom. The van der Waals surface area contributed by atoms with Crippen molar-refractivity contribution in [3.63, 3.8) is 0 Å². The molecule has 2 aromatic rings. The van der Waals surface area contributed by atoms with Crippen LogP contribution >= 0.6 is 0 Å². The molecule has 7 heteroatoms. The summed E-state index contributed by atoms with van der Waals surface area (Å²) >= 11 is 0. The number of carbonyl (C=O) groups excluding carboxylic acids is 2. The van der Waals surface area contributed by atoms with Crippen LogP contribution in [0.4, 0.5) is 4.39 Å². The molecule has 0 bridgehead atoms. The Morgan fingerprint density at radius 1 is 0.966 bits per heavy atom. The third-order valence-electron chi connectivity index (χ3n) is 4.70. The maximum absolute atomic E-state index is 14.0. The SMILES string of the molecule is CC(=O)N[C@H](Cc1ccccc1F)C(=O)N[C@@H](Cc1ccc(C)c(C)c1)C(=O)O. The quantitative estimate of drug-likeness (QED) is 0.634. The second-order valence-corrected chi connectivity index (χ2v) is 7.07. The Hall–Kier alpha value is -3.22. The lowest BCUT2D eigenvalue weighted by Gasteiger charge is -2.21. The van der Waals surface area contributed by atoms with Gasteiger partial charge in [-0.2, -0.15) is 0 Å². The average Bonchev–Trinajstić information content (AvgIpc) is 2.64. The van der Waals surface area contributed by atoms with Gasteiger partial charge in [-0.3, -0.25) is 9.59 Å². The summed E-state index contributed by atoms with van der Waals surface area (Å²) in [4.78, 5) is 35.9. The molecule has 0 spiro atoms. The van der Waals surface area contributed by atoms with Crippen LogP contribution in [0.15, 0.2) is 42.5 Å². The first-order valence-corrected chi connectivity index (χ1v) is 9.27. The molecular weight excluding hydrogens is 375 g/mol. The predicted molar refractivity (Wildman–Crippen MR) is 107 cm³/mol. The molecule has 2 amide bonds. The van der Waals surface area contributed by atoms with Crippen molar-refractivity contribution in [2.75, 3.05) is 0 Å². The smallest absolute Gasteiger partial charge is 0.326 e. The van der Waals surface area contributed by atoms with Gasteiger partial charge in [0.05, 0.1) is 0 Å². The van der Waals surface area contributed by atoms with E-state index in [1.165, 1.54) is 25.1 Å². The maximum Gasteiger partial charge on any atom is 0.326 e. The fourth-order valence-corrected chi connectivity index (χ4v) is 2.98. The number of aliphatic carboxylic acids is 1. The molecular formula is C22H25FN2O4. The van der Waals surface area contributed by atoms with Gasteiger partial charge < -0.3 is 15.7 Å². The number of halogens is 1. The molecule has 2 rings (SSSR count). The number of carboxylic acids is 1. The van der Waals surface area contributed by atoms with E-state index < -0.39 is 35.7 Å². The Labute approximate surface area is 169 Å². The van der Waals surface area contributed by atoms with Crippen LogP contribution in [0, 0.1) is 19.7 Å². The summed E-state index contributed by atoms with van der Waals surface area (Å²) in [5.74, 6) is -2.84. The van der Waals surface area contributed by atoms with Gasteiger partial charge in [-0.15, -0.1) is 0 Å². The highest BCUT2D eigenvalue weighted by Gasteiger charge is 2.27. The molecule has 0 unspecified atom stereocenters. The molecule has 0 saturated carbocycles. The van der Waals surface area contributed by atoms with Gasteiger partial charge in [0.2, 0.25) is 11.8 Å². The topological polar surface area (TPSA) is 95.5 Å². The van der Waals surface area contributed by atoms with E-state index in [4.69, 9.17) is 0 Å². The van der Waals surface area contributed by atoms with Gasteiger partial charge in [0.1, 0.15) is 17.9 Å². The molecule has 0 saturated heterocycles. The highest BCUT2D eigenvalue weighted by molar-refractivity contribution is 5.90. The van der Waals surface area contributed by atoms with Crippen molar-refractivity contribution in [1.82, 2.24) is 10.6 Å². The summed E-state index contributed by atoms with van der Waals surface area (Å²) in [5, 5.41) is 14.5. The van der Waals surface area contributed by atoms with Crippen LogP contribution in [-0.4, -0.2) is 35.0 Å². The minimum Gasteiger partial charge on any atom is -0.480 e. The zero-order chi connectivity index (χ0) is 21.6. The van der Waals surface area contributed by atoms with E-state index in [1.807, 2.05) is 32.0 Å². The number of carboxylic acid groups (broad SMARTS) is 1. The fourth-order valence-electron chi connectivity index (χ4n) is 2.98. The summed E-state index contributed by atoms with van der Waals surface area (Å²) in [5.41, 5.74) is 3.13. The predicted octanol–water partition coefficient (Wildman–Crippen LogP) is 2.30. The van der Waals surface area contributed by atoms with Crippen molar-refractivity contribution < 1.29 is 23.9 Å². The lowest BCUT2D eigenvalue weighted by Crippen LogP contribution is -2.52. The van der Waals surface area contributed by atoms with Crippen LogP contribution in [0.5, 0.6) is 0 Å². The van der Waals surface area contributed by atoms with E-state index in [-0.39, 0.29) is 18.4 Å². The molecule has 0 aliphatic rings. The van der Waals surface area contributed by atoms with E-state index >= 15 is 0 Å². The number of hydrogen-bond acceptors (Lipinski definition) is 3. The maximum atomic E-state index is 14.0. The summed E-state index contributed by atoms with van der Waals surface area (Å²) in [7, 11) is 0. The second kappa shape index (κ2) is 9.82. The molecule has 3 N–H and O–H groups in total. The number of amides is 2. The first kappa shape index (κ1) is 22.1. The molecule has 0 aromatic heterocycles. The monoisotopic (exact) mass is 400 g/mol. The number of nitrogens with one attached hydrogen (secondary N) is 2. The number of benzene rings is 2. The van der Waals surface area contributed by atoms with E-state index in [0.717, 1.165) is 16.7 Å². The Balaban J connectivity index is 2.17. The van der Waals surface area contributed by atoms with Gasteiger partial charge in [-0.05, 0) is 42.2 Å². The lowest BCUT2D eigenvalue weighted by molar-refractivity contribution is -0.142. The van der Waals surface area contributed by atoms with Crippen molar-refractivity contribution >= 4 is 17.8 Å². The minimum absolute atomic E-state index is 0.0892. The van der Waals surface area contributed by atoms with Crippen LogP contribution in [0.2, 0.25) is 0 Å². The Kier molecular flexibility index (Phi) is 7.47. The number of aryl methyl sites for hydroxylation is 2. The highest BCUT2D eigenvalue weighted by Crippen LogP contribution is 2.13. The van der Waals surface area contributed by atoms with E-state index in [2.05, 4.69) is 10.6 Å². The van der Waals surface area contributed by atoms with Crippen LogP contribution in [-0.2, 0) is 27.2 Å². The van der Waals surface area contributed by atoms with Crippen molar-refractivity contribution in [3.05, 3.63) is 70.5 Å². The van der Waals surface area contributed by atoms with Gasteiger partial charge >= 0.3 is 5.97 Å². The van der Waals surface area contributed by atoms with Gasteiger partial charge in [-0.25, -0.2) is 9.18 Å². The number of carbonyl (C=O) groups is 3. The van der Waals surface area contributed by atoms with Crippen molar-refractivity contribution in [2.24, 2.45) is 0 Å². The van der Waals surface area contributed by atoms with Gasteiger partial charge in [-0.1, -0.05) is 36.4 Å². The van der Waals surface area contributed by atoms with E-state index in [0.29, 0.717) is 0 Å². The van der Waals surface area contributed by atoms with Crippen LogP contribution in [0.25, 0.3) is 0 Å². The first-order valence-electron chi connectivity index (χ1n) is 9.27. The molecule has 0 radical (unpaired) electrons. The largest absolute Gasteiger partial charge is 0.480 e. The highest BCUT2D eigenvalue weighted by atomic mass is 19.1. The zero-order valence-corrected chi connectivity index (χ0v) is 16.7. The Bertz CT molecular complexity index is 913. The summed E-state index contributed by atoms with van der Waals surface area (Å²) in [6.45, 7) is 5.12. The normalized spacial score (nSPS) is 12.7. The Morgan fingerprint density at radius 2 is 1.66 bits per heavy atom. The molecule has 0 heterocycles. The molecule has 2 aromatic carbocycles. The van der Waals surface area contributed by atoms with Crippen molar-refractivity contribution in [3.8, 4) is 0 Å². The van der Waals surface area contributed by atoms with E-state index in [1.54, 1.807) is 6.07 Å². The van der Waals surface area contributed by atoms with Crippen LogP contribution in [0.3, 0.4) is 0 Å². The molecule has 2 atom stereocenters. The molecule has 154 valence electrons. The molecule has 6 nitrogen and oxygen atoms in total. The molecule has 0 aliphatic carbocycles. The number of rotatable bonds is 8. The lowest BCUT2D eigenvalue weighted by atomic mass is 10.00. The molecule has 29 heavy (non-hydrogen) atoms. The fraction of sp³-hybridized carbons (Fsp3) is 0.318. The van der Waals surface area contributed by atoms with E-state index in [9.17, 15) is 23.9 Å². The van der Waals surface area contributed by atoms with Gasteiger partial charge in [0, 0.05) is 19.8 Å². The van der Waals surface area contributed by atoms with Gasteiger partial charge in [0.15, 0.2) is 0 Å². The second-order valence-electron chi connectivity index (χ2n) is 7.07. The zero-order valence-electron chi connectivity index (χ0n) is 16.7. The third-order valence-corrected chi connectivity index (χ3v) is 4.70. The summed E-state index contributed by atoms with van der Waals surface area (Å²) < 4.78 is 14.0. The number of hydrogen-bond donors (Lipinski definition) is 3. The summed E-state index contributed by atoms with van der Waals surface area (Å²) in [6, 6.07) is 9.24. The average molecular weight is 400 g/mol. The van der Waals surface area contributed by atoms with Crippen molar-refractivity contribution in [1.29, 1.82) is 0 Å². The van der Waals surface area contributed by atoms with Gasteiger partial charge in [0.25, 0.3) is 0 Å². The summed E-state index contributed by atoms with van der Waals surface area (Å²) in [6.07, 6.45) is 0.00273.